The zero-order valence-corrected chi connectivity index (χ0v) is 9.61. The van der Waals surface area contributed by atoms with Crippen LogP contribution in [-0.4, -0.2) is 7.11 Å². The van der Waals surface area contributed by atoms with Crippen molar-refractivity contribution in [3.8, 4) is 5.75 Å². The molecule has 0 radical (unpaired) electrons. The summed E-state index contributed by atoms with van der Waals surface area (Å²) in [5.74, 6) is 0.545. The van der Waals surface area contributed by atoms with Gasteiger partial charge in [-0.1, -0.05) is 12.1 Å². The lowest BCUT2D eigenvalue weighted by Gasteiger charge is -2.07. The van der Waals surface area contributed by atoms with Crippen molar-refractivity contribution in [3.63, 3.8) is 0 Å². The van der Waals surface area contributed by atoms with Crippen LogP contribution < -0.4 is 10.5 Å². The van der Waals surface area contributed by atoms with Gasteiger partial charge in [0.05, 0.1) is 7.11 Å². The second kappa shape index (κ2) is 4.87. The summed E-state index contributed by atoms with van der Waals surface area (Å²) >= 11 is 0. The first kappa shape index (κ1) is 11.5. The van der Waals surface area contributed by atoms with Crippen LogP contribution in [0.1, 0.15) is 11.1 Å². The molecule has 0 unspecified atom stereocenters. The van der Waals surface area contributed by atoms with Gasteiger partial charge in [0, 0.05) is 5.69 Å². The van der Waals surface area contributed by atoms with Gasteiger partial charge in [0.25, 0.3) is 0 Å². The molecule has 3 heteroatoms. The predicted molar refractivity (Wildman–Crippen MR) is 66.6 cm³/mol. The number of anilines is 1. The van der Waals surface area contributed by atoms with Crippen LogP contribution in [0.4, 0.5) is 10.1 Å². The van der Waals surface area contributed by atoms with E-state index in [0.29, 0.717) is 12.1 Å². The average Bonchev–Trinajstić information content (AvgIpc) is 2.35. The molecule has 2 nitrogen and oxygen atoms in total. The number of hydrogen-bond acceptors (Lipinski definition) is 2. The molecule has 2 aromatic rings. The van der Waals surface area contributed by atoms with Gasteiger partial charge in [-0.3, -0.25) is 0 Å². The van der Waals surface area contributed by atoms with E-state index in [1.807, 2.05) is 24.3 Å². The summed E-state index contributed by atoms with van der Waals surface area (Å²) in [6.45, 7) is 0. The Labute approximate surface area is 99.8 Å². The minimum Gasteiger partial charge on any atom is -0.497 e. The van der Waals surface area contributed by atoms with Crippen molar-refractivity contribution in [1.82, 2.24) is 0 Å². The van der Waals surface area contributed by atoms with Crippen LogP contribution >= 0.6 is 0 Å². The minimum atomic E-state index is -0.261. The summed E-state index contributed by atoms with van der Waals surface area (Å²) in [5, 5.41) is 0. The number of rotatable bonds is 3. The van der Waals surface area contributed by atoms with Gasteiger partial charge in [-0.05, 0) is 47.9 Å². The lowest BCUT2D eigenvalue weighted by Crippen LogP contribution is -1.96. The molecular weight excluding hydrogens is 217 g/mol. The van der Waals surface area contributed by atoms with Crippen molar-refractivity contribution in [1.29, 1.82) is 0 Å². The van der Waals surface area contributed by atoms with Gasteiger partial charge >= 0.3 is 0 Å². The van der Waals surface area contributed by atoms with Crippen LogP contribution in [0.5, 0.6) is 5.75 Å². The van der Waals surface area contributed by atoms with E-state index in [4.69, 9.17) is 10.5 Å². The van der Waals surface area contributed by atoms with Gasteiger partial charge in [-0.2, -0.15) is 0 Å². The molecule has 0 bridgehead atoms. The van der Waals surface area contributed by atoms with E-state index in [1.54, 1.807) is 13.2 Å². The maximum absolute atomic E-state index is 13.1. The molecule has 17 heavy (non-hydrogen) atoms. The fourth-order valence-corrected chi connectivity index (χ4v) is 1.69. The van der Waals surface area contributed by atoms with Gasteiger partial charge in [-0.25, -0.2) is 4.39 Å². The summed E-state index contributed by atoms with van der Waals surface area (Å²) in [6.07, 6.45) is 0.619. The van der Waals surface area contributed by atoms with Gasteiger partial charge < -0.3 is 10.5 Å². The van der Waals surface area contributed by atoms with Crippen molar-refractivity contribution in [2.45, 2.75) is 6.42 Å². The number of halogens is 1. The van der Waals surface area contributed by atoms with Crippen molar-refractivity contribution in [3.05, 3.63) is 59.4 Å². The summed E-state index contributed by atoms with van der Waals surface area (Å²) < 4.78 is 18.2. The molecule has 88 valence electrons. The van der Waals surface area contributed by atoms with E-state index in [9.17, 15) is 4.39 Å². The molecule has 0 saturated heterocycles. The first-order valence-electron chi connectivity index (χ1n) is 5.36. The van der Waals surface area contributed by atoms with Gasteiger partial charge in [-0.15, -0.1) is 0 Å². The molecule has 0 heterocycles. The Bertz CT molecular complexity index is 508. The van der Waals surface area contributed by atoms with Crippen molar-refractivity contribution in [2.24, 2.45) is 0 Å². The second-order valence-electron chi connectivity index (χ2n) is 3.87. The smallest absolute Gasteiger partial charge is 0.123 e. The first-order valence-corrected chi connectivity index (χ1v) is 5.36. The van der Waals surface area contributed by atoms with Crippen LogP contribution in [0.2, 0.25) is 0 Å². The lowest BCUT2D eigenvalue weighted by molar-refractivity contribution is 0.414. The molecule has 0 aliphatic carbocycles. The molecule has 0 aliphatic rings. The number of nitrogen functional groups attached to an aromatic ring is 1. The number of benzene rings is 2. The van der Waals surface area contributed by atoms with Crippen molar-refractivity contribution < 1.29 is 9.13 Å². The first-order chi connectivity index (χ1) is 8.19. The van der Waals surface area contributed by atoms with Gasteiger partial charge in [0.15, 0.2) is 0 Å². The fourth-order valence-electron chi connectivity index (χ4n) is 1.69. The quantitative estimate of drug-likeness (QED) is 0.824. The summed E-state index contributed by atoms with van der Waals surface area (Å²) in [4.78, 5) is 0. The second-order valence-corrected chi connectivity index (χ2v) is 3.87. The molecule has 0 aromatic heterocycles. The Morgan fingerprint density at radius 1 is 1.12 bits per heavy atom. The van der Waals surface area contributed by atoms with E-state index < -0.39 is 0 Å². The summed E-state index contributed by atoms with van der Waals surface area (Å²) in [7, 11) is 1.62. The van der Waals surface area contributed by atoms with Crippen LogP contribution in [0, 0.1) is 5.82 Å². The van der Waals surface area contributed by atoms with E-state index in [2.05, 4.69) is 0 Å². The molecule has 0 fully saturated rings. The topological polar surface area (TPSA) is 35.2 Å². The summed E-state index contributed by atoms with van der Waals surface area (Å²) in [5.41, 5.74) is 8.29. The Kier molecular flexibility index (Phi) is 3.28. The zero-order chi connectivity index (χ0) is 12.3. The van der Waals surface area contributed by atoms with E-state index in [-0.39, 0.29) is 5.82 Å². The Balaban J connectivity index is 2.22. The van der Waals surface area contributed by atoms with E-state index in [0.717, 1.165) is 16.9 Å². The third kappa shape index (κ3) is 2.75. The fraction of sp³-hybridized carbons (Fsp3) is 0.143. The molecule has 0 amide bonds. The highest BCUT2D eigenvalue weighted by atomic mass is 19.1. The SMILES string of the molecule is COc1ccc(Cc2cc(F)ccc2N)cc1. The molecule has 0 spiro atoms. The minimum absolute atomic E-state index is 0.261. The monoisotopic (exact) mass is 231 g/mol. The van der Waals surface area contributed by atoms with Crippen LogP contribution in [-0.2, 0) is 6.42 Å². The maximum Gasteiger partial charge on any atom is 0.123 e. The van der Waals surface area contributed by atoms with Crippen molar-refractivity contribution in [2.75, 3.05) is 12.8 Å². The third-order valence-electron chi connectivity index (χ3n) is 2.66. The molecule has 2 rings (SSSR count). The lowest BCUT2D eigenvalue weighted by atomic mass is 10.0. The van der Waals surface area contributed by atoms with Gasteiger partial charge in [0.1, 0.15) is 11.6 Å². The van der Waals surface area contributed by atoms with Gasteiger partial charge in [0.2, 0.25) is 0 Å². The Morgan fingerprint density at radius 3 is 2.47 bits per heavy atom. The van der Waals surface area contributed by atoms with Crippen molar-refractivity contribution >= 4 is 5.69 Å². The number of nitrogens with two attached hydrogens (primary N) is 1. The molecule has 0 aliphatic heterocycles. The normalized spacial score (nSPS) is 10.2. The largest absolute Gasteiger partial charge is 0.497 e. The average molecular weight is 231 g/mol. The zero-order valence-electron chi connectivity index (χ0n) is 9.61. The van der Waals surface area contributed by atoms with Crippen LogP contribution in [0.15, 0.2) is 42.5 Å². The summed E-state index contributed by atoms with van der Waals surface area (Å²) in [6, 6.07) is 12.1. The predicted octanol–water partition coefficient (Wildman–Crippen LogP) is 3.01. The number of methoxy groups -OCH3 is 1. The van der Waals surface area contributed by atoms with Crippen LogP contribution in [0.25, 0.3) is 0 Å². The highest BCUT2D eigenvalue weighted by Gasteiger charge is 2.03. The standard InChI is InChI=1S/C14H14FNO/c1-17-13-5-2-10(3-6-13)8-11-9-12(15)4-7-14(11)16/h2-7,9H,8,16H2,1H3. The maximum atomic E-state index is 13.1. The Hall–Kier alpha value is -2.03. The highest BCUT2D eigenvalue weighted by Crippen LogP contribution is 2.19. The molecule has 0 saturated carbocycles. The Morgan fingerprint density at radius 2 is 1.82 bits per heavy atom. The molecule has 2 N–H and O–H groups in total. The third-order valence-corrected chi connectivity index (χ3v) is 2.66. The number of ether oxygens (including phenoxy) is 1. The molecular formula is C14H14FNO. The molecule has 2 aromatic carbocycles. The van der Waals surface area contributed by atoms with E-state index >= 15 is 0 Å². The molecule has 0 atom stereocenters. The number of hydrogen-bond donors (Lipinski definition) is 1. The van der Waals surface area contributed by atoms with Crippen LogP contribution in [0.3, 0.4) is 0 Å². The highest BCUT2D eigenvalue weighted by molar-refractivity contribution is 5.49. The van der Waals surface area contributed by atoms with E-state index in [1.165, 1.54) is 12.1 Å².